The van der Waals surface area contributed by atoms with Gasteiger partial charge in [0.2, 0.25) is 10.0 Å². The number of sulfonamides is 1. The molecule has 1 N–H and O–H groups in total. The Balaban J connectivity index is 1.71. The van der Waals surface area contributed by atoms with Crippen molar-refractivity contribution in [3.8, 4) is 11.3 Å². The molecule has 1 heterocycles. The lowest BCUT2D eigenvalue weighted by Crippen LogP contribution is -2.31. The Hall–Kier alpha value is -2.98. The molecule has 1 aromatic heterocycles. The highest BCUT2D eigenvalue weighted by molar-refractivity contribution is 7.89. The molecule has 0 aliphatic carbocycles. The van der Waals surface area contributed by atoms with Gasteiger partial charge in [0.15, 0.2) is 4.90 Å². The molecular weight excluding hydrogens is 395 g/mol. The van der Waals surface area contributed by atoms with Crippen molar-refractivity contribution in [1.82, 2.24) is 14.3 Å². The van der Waals surface area contributed by atoms with Gasteiger partial charge in [0.25, 0.3) is 5.56 Å². The summed E-state index contributed by atoms with van der Waals surface area (Å²) in [5.41, 5.74) is 0.405. The highest BCUT2D eigenvalue weighted by Gasteiger charge is 2.23. The largest absolute Gasteiger partial charge is 0.298 e. The van der Waals surface area contributed by atoms with Gasteiger partial charge in [-0.3, -0.25) is 9.36 Å². The van der Waals surface area contributed by atoms with E-state index < -0.39 is 37.9 Å². The molecule has 3 rings (SSSR count). The minimum atomic E-state index is -4.43. The first kappa shape index (κ1) is 19.8. The number of hydrogen-bond acceptors (Lipinski definition) is 4. The Morgan fingerprint density at radius 3 is 2.25 bits per heavy atom. The Morgan fingerprint density at radius 1 is 1.00 bits per heavy atom. The van der Waals surface area contributed by atoms with Crippen molar-refractivity contribution in [2.75, 3.05) is 6.54 Å². The molecule has 2 aromatic carbocycles. The van der Waals surface area contributed by atoms with Crippen molar-refractivity contribution in [2.45, 2.75) is 11.4 Å². The monoisotopic (exact) mass is 409 g/mol. The Labute approximate surface area is 158 Å². The molecule has 0 atom stereocenters. The second-order valence-corrected chi connectivity index (χ2v) is 7.47. The highest BCUT2D eigenvalue weighted by atomic mass is 32.2. The predicted octanol–water partition coefficient (Wildman–Crippen LogP) is 2.31. The molecular formula is C18H14F3N3O3S. The van der Waals surface area contributed by atoms with E-state index in [0.29, 0.717) is 11.3 Å². The zero-order valence-corrected chi connectivity index (χ0v) is 15.1. The third-order valence-corrected chi connectivity index (χ3v) is 5.36. The third kappa shape index (κ3) is 4.29. The number of aromatic nitrogens is 2. The van der Waals surface area contributed by atoms with Crippen LogP contribution in [0.1, 0.15) is 0 Å². The summed E-state index contributed by atoms with van der Waals surface area (Å²) in [6, 6.07) is 9.35. The van der Waals surface area contributed by atoms with E-state index >= 15 is 0 Å². The van der Waals surface area contributed by atoms with E-state index in [0.717, 1.165) is 22.8 Å². The zero-order valence-electron chi connectivity index (χ0n) is 14.3. The van der Waals surface area contributed by atoms with Crippen LogP contribution in [0, 0.1) is 17.5 Å². The molecule has 0 radical (unpaired) electrons. The summed E-state index contributed by atoms with van der Waals surface area (Å²) in [5, 5.41) is 0. The van der Waals surface area contributed by atoms with Crippen molar-refractivity contribution in [3.05, 3.63) is 82.7 Å². The Kier molecular flexibility index (Phi) is 5.61. The molecule has 0 spiro atoms. The molecule has 0 saturated carbocycles. The molecule has 0 aliphatic rings. The molecule has 28 heavy (non-hydrogen) atoms. The van der Waals surface area contributed by atoms with Crippen LogP contribution in [0.15, 0.2) is 64.5 Å². The average Bonchev–Trinajstić information content (AvgIpc) is 2.63. The molecule has 146 valence electrons. The van der Waals surface area contributed by atoms with Crippen LogP contribution in [0.5, 0.6) is 0 Å². The van der Waals surface area contributed by atoms with E-state index in [1.165, 1.54) is 36.7 Å². The molecule has 0 aliphatic heterocycles. The van der Waals surface area contributed by atoms with Crippen molar-refractivity contribution in [1.29, 1.82) is 0 Å². The predicted molar refractivity (Wildman–Crippen MR) is 95.4 cm³/mol. The maximum Gasteiger partial charge on any atom is 0.253 e. The number of hydrogen-bond donors (Lipinski definition) is 1. The van der Waals surface area contributed by atoms with Gasteiger partial charge in [0, 0.05) is 24.7 Å². The fourth-order valence-corrected chi connectivity index (χ4v) is 3.64. The van der Waals surface area contributed by atoms with Gasteiger partial charge < -0.3 is 0 Å². The first-order valence-corrected chi connectivity index (χ1v) is 9.52. The summed E-state index contributed by atoms with van der Waals surface area (Å²) in [4.78, 5) is 15.2. The Bertz CT molecular complexity index is 1140. The molecule has 0 amide bonds. The first-order valence-electron chi connectivity index (χ1n) is 8.04. The number of rotatable bonds is 6. The fraction of sp³-hybridized carbons (Fsp3) is 0.111. The second kappa shape index (κ2) is 7.95. The van der Waals surface area contributed by atoms with Gasteiger partial charge in [-0.25, -0.2) is 31.3 Å². The van der Waals surface area contributed by atoms with Crippen molar-refractivity contribution >= 4 is 10.0 Å². The molecule has 3 aromatic rings. The second-order valence-electron chi connectivity index (χ2n) is 5.76. The normalized spacial score (nSPS) is 11.5. The van der Waals surface area contributed by atoms with Crippen LogP contribution < -0.4 is 10.3 Å². The SMILES string of the molecule is O=c1cc(-c2ccc(F)cc2)ncn1CCNS(=O)(=O)c1c(F)cccc1F. The van der Waals surface area contributed by atoms with Crippen LogP contribution in [0.3, 0.4) is 0 Å². The van der Waals surface area contributed by atoms with Crippen molar-refractivity contribution in [3.63, 3.8) is 0 Å². The van der Waals surface area contributed by atoms with Gasteiger partial charge in [-0.1, -0.05) is 6.07 Å². The topological polar surface area (TPSA) is 81.1 Å². The summed E-state index contributed by atoms with van der Waals surface area (Å²) in [6.07, 6.45) is 1.21. The van der Waals surface area contributed by atoms with E-state index in [9.17, 15) is 26.4 Å². The van der Waals surface area contributed by atoms with Crippen LogP contribution in [0.4, 0.5) is 13.2 Å². The van der Waals surface area contributed by atoms with Gasteiger partial charge in [-0.15, -0.1) is 0 Å². The first-order chi connectivity index (χ1) is 13.3. The number of nitrogens with one attached hydrogen (secondary N) is 1. The van der Waals surface area contributed by atoms with E-state index in [1.807, 2.05) is 4.72 Å². The summed E-state index contributed by atoms with van der Waals surface area (Å²) in [5.74, 6) is -2.85. The summed E-state index contributed by atoms with van der Waals surface area (Å²) < 4.78 is 67.6. The summed E-state index contributed by atoms with van der Waals surface area (Å²) in [7, 11) is -4.43. The molecule has 10 heteroatoms. The van der Waals surface area contributed by atoms with Gasteiger partial charge in [-0.2, -0.15) is 0 Å². The van der Waals surface area contributed by atoms with Gasteiger partial charge in [-0.05, 0) is 36.4 Å². The van der Waals surface area contributed by atoms with Crippen LogP contribution in [0.25, 0.3) is 11.3 Å². The number of benzene rings is 2. The van der Waals surface area contributed by atoms with Crippen LogP contribution >= 0.6 is 0 Å². The lowest BCUT2D eigenvalue weighted by Gasteiger charge is -2.10. The van der Waals surface area contributed by atoms with Gasteiger partial charge in [0.1, 0.15) is 17.5 Å². The summed E-state index contributed by atoms with van der Waals surface area (Å²) >= 11 is 0. The average molecular weight is 409 g/mol. The van der Waals surface area contributed by atoms with E-state index in [1.54, 1.807) is 0 Å². The zero-order chi connectivity index (χ0) is 20.3. The van der Waals surface area contributed by atoms with Gasteiger partial charge in [0.05, 0.1) is 12.0 Å². The van der Waals surface area contributed by atoms with E-state index in [2.05, 4.69) is 4.98 Å². The van der Waals surface area contributed by atoms with Crippen LogP contribution in [0.2, 0.25) is 0 Å². The van der Waals surface area contributed by atoms with Crippen LogP contribution in [-0.4, -0.2) is 24.5 Å². The quantitative estimate of drug-likeness (QED) is 0.678. The van der Waals surface area contributed by atoms with Crippen molar-refractivity contribution in [2.24, 2.45) is 0 Å². The smallest absolute Gasteiger partial charge is 0.253 e. The molecule has 0 unspecified atom stereocenters. The maximum atomic E-state index is 13.6. The molecule has 0 bridgehead atoms. The lowest BCUT2D eigenvalue weighted by atomic mass is 10.1. The molecule has 6 nitrogen and oxygen atoms in total. The fourth-order valence-electron chi connectivity index (χ4n) is 2.48. The third-order valence-electron chi connectivity index (χ3n) is 3.85. The van der Waals surface area contributed by atoms with E-state index in [4.69, 9.17) is 0 Å². The highest BCUT2D eigenvalue weighted by Crippen LogP contribution is 2.18. The van der Waals surface area contributed by atoms with Gasteiger partial charge >= 0.3 is 0 Å². The lowest BCUT2D eigenvalue weighted by molar-refractivity contribution is 0.511. The standard InChI is InChI=1S/C18H14F3N3O3S/c19-13-6-4-12(5-7-13)16-10-17(25)24(11-22-16)9-8-23-28(26,27)18-14(20)2-1-3-15(18)21/h1-7,10-11,23H,8-9H2. The molecule has 0 fully saturated rings. The Morgan fingerprint density at radius 2 is 1.64 bits per heavy atom. The minimum absolute atomic E-state index is 0.106. The minimum Gasteiger partial charge on any atom is -0.298 e. The maximum absolute atomic E-state index is 13.6. The summed E-state index contributed by atoms with van der Waals surface area (Å²) in [6.45, 7) is -0.390. The number of nitrogens with zero attached hydrogens (tertiary/aromatic N) is 2. The van der Waals surface area contributed by atoms with E-state index in [-0.39, 0.29) is 13.1 Å². The van der Waals surface area contributed by atoms with Crippen LogP contribution in [-0.2, 0) is 16.6 Å². The van der Waals surface area contributed by atoms with Crippen molar-refractivity contribution < 1.29 is 21.6 Å². The molecule has 0 saturated heterocycles. The number of halogens is 3.